The van der Waals surface area contributed by atoms with Crippen molar-refractivity contribution in [2.24, 2.45) is 0 Å². The molecule has 4 aromatic rings. The Labute approximate surface area is 179 Å². The lowest BCUT2D eigenvalue weighted by molar-refractivity contribution is 0.0939. The van der Waals surface area contributed by atoms with Crippen molar-refractivity contribution in [3.63, 3.8) is 0 Å². The molecule has 0 aliphatic carbocycles. The van der Waals surface area contributed by atoms with Crippen molar-refractivity contribution in [1.29, 1.82) is 0 Å². The Kier molecular flexibility index (Phi) is 5.01. The Morgan fingerprint density at radius 3 is 2.65 bits per heavy atom. The first-order valence-corrected chi connectivity index (χ1v) is 10.1. The Balaban J connectivity index is 1.49. The smallest absolute Gasteiger partial charge is 0.289 e. The number of hydrogen-bond donors (Lipinski definition) is 1. The van der Waals surface area contributed by atoms with Gasteiger partial charge >= 0.3 is 0 Å². The number of nitrogens with zero attached hydrogens (tertiary/aromatic N) is 7. The number of amides is 1. The fourth-order valence-corrected chi connectivity index (χ4v) is 4.05. The average molecular weight is 414 g/mol. The van der Waals surface area contributed by atoms with Crippen LogP contribution in [0.1, 0.15) is 33.7 Å². The summed E-state index contributed by atoms with van der Waals surface area (Å²) in [6.07, 6.45) is 5.44. The standard InChI is InChI=1S/C22H22N8O/c1-23-21(31)20-27-26-19-15-28(14-18(30(19)20)16-7-3-2-4-8-16)13-17-9-5-12-29(17)22-24-10-6-11-25-22/h2-12,18H,13-15H2,1H3,(H,23,31). The summed E-state index contributed by atoms with van der Waals surface area (Å²) in [6, 6.07) is 16.0. The molecule has 0 bridgehead atoms. The molecule has 31 heavy (non-hydrogen) atoms. The minimum absolute atomic E-state index is 0.0661. The third-order valence-corrected chi connectivity index (χ3v) is 5.48. The molecule has 0 fully saturated rings. The first kappa shape index (κ1) is 19.1. The van der Waals surface area contributed by atoms with E-state index < -0.39 is 0 Å². The van der Waals surface area contributed by atoms with E-state index in [1.165, 1.54) is 0 Å². The van der Waals surface area contributed by atoms with Gasteiger partial charge in [-0.25, -0.2) is 9.97 Å². The molecule has 1 amide bonds. The van der Waals surface area contributed by atoms with Gasteiger partial charge in [-0.2, -0.15) is 0 Å². The van der Waals surface area contributed by atoms with Crippen LogP contribution in [0.3, 0.4) is 0 Å². The van der Waals surface area contributed by atoms with E-state index in [0.717, 1.165) is 23.6 Å². The van der Waals surface area contributed by atoms with E-state index in [0.29, 0.717) is 24.9 Å². The molecule has 1 aromatic carbocycles. The number of rotatable bonds is 5. The van der Waals surface area contributed by atoms with Gasteiger partial charge in [-0.05, 0) is 23.8 Å². The first-order chi connectivity index (χ1) is 15.2. The molecular weight excluding hydrogens is 392 g/mol. The van der Waals surface area contributed by atoms with Crippen LogP contribution in [0.15, 0.2) is 67.1 Å². The second-order valence-corrected chi connectivity index (χ2v) is 7.40. The molecule has 1 atom stereocenters. The van der Waals surface area contributed by atoms with E-state index >= 15 is 0 Å². The lowest BCUT2D eigenvalue weighted by atomic mass is 10.0. The van der Waals surface area contributed by atoms with Crippen LogP contribution in [0, 0.1) is 0 Å². The molecule has 0 radical (unpaired) electrons. The largest absolute Gasteiger partial charge is 0.352 e. The van der Waals surface area contributed by atoms with Gasteiger partial charge in [-0.1, -0.05) is 30.3 Å². The molecule has 156 valence electrons. The minimum Gasteiger partial charge on any atom is -0.352 e. The van der Waals surface area contributed by atoms with Gasteiger partial charge in [-0.3, -0.25) is 18.8 Å². The maximum Gasteiger partial charge on any atom is 0.289 e. The lowest BCUT2D eigenvalue weighted by Gasteiger charge is -2.34. The lowest BCUT2D eigenvalue weighted by Crippen LogP contribution is -2.39. The number of carbonyl (C=O) groups is 1. The van der Waals surface area contributed by atoms with Crippen LogP contribution in [0.2, 0.25) is 0 Å². The van der Waals surface area contributed by atoms with Crippen molar-refractivity contribution >= 4 is 5.91 Å². The Morgan fingerprint density at radius 1 is 1.06 bits per heavy atom. The molecule has 3 aromatic heterocycles. The zero-order valence-corrected chi connectivity index (χ0v) is 17.1. The summed E-state index contributed by atoms with van der Waals surface area (Å²) in [5, 5.41) is 11.2. The normalized spacial score (nSPS) is 16.1. The molecular formula is C22H22N8O. The van der Waals surface area contributed by atoms with Crippen molar-refractivity contribution in [3.05, 3.63) is 90.0 Å². The van der Waals surface area contributed by atoms with Crippen LogP contribution in [-0.4, -0.2) is 53.7 Å². The van der Waals surface area contributed by atoms with E-state index in [-0.39, 0.29) is 11.9 Å². The highest BCUT2D eigenvalue weighted by Gasteiger charge is 2.32. The summed E-state index contributed by atoms with van der Waals surface area (Å²) in [6.45, 7) is 2.00. The molecule has 9 heteroatoms. The summed E-state index contributed by atoms with van der Waals surface area (Å²) in [5.41, 5.74) is 2.19. The van der Waals surface area contributed by atoms with Crippen LogP contribution in [0.25, 0.3) is 5.95 Å². The summed E-state index contributed by atoms with van der Waals surface area (Å²) < 4.78 is 3.96. The van der Waals surface area contributed by atoms with Crippen LogP contribution in [-0.2, 0) is 13.1 Å². The fourth-order valence-electron chi connectivity index (χ4n) is 4.05. The number of nitrogens with one attached hydrogen (secondary N) is 1. The first-order valence-electron chi connectivity index (χ1n) is 10.1. The second kappa shape index (κ2) is 8.11. The highest BCUT2D eigenvalue weighted by Crippen LogP contribution is 2.29. The number of hydrogen-bond acceptors (Lipinski definition) is 6. The Morgan fingerprint density at radius 2 is 1.87 bits per heavy atom. The molecule has 1 aliphatic rings. The highest BCUT2D eigenvalue weighted by atomic mass is 16.2. The monoisotopic (exact) mass is 414 g/mol. The minimum atomic E-state index is -0.233. The molecule has 0 spiro atoms. The van der Waals surface area contributed by atoms with Gasteiger partial charge in [0.25, 0.3) is 5.91 Å². The quantitative estimate of drug-likeness (QED) is 0.535. The highest BCUT2D eigenvalue weighted by molar-refractivity contribution is 5.90. The van der Waals surface area contributed by atoms with Gasteiger partial charge in [0.1, 0.15) is 5.82 Å². The van der Waals surface area contributed by atoms with E-state index in [1.54, 1.807) is 25.5 Å². The third-order valence-electron chi connectivity index (χ3n) is 5.48. The third kappa shape index (κ3) is 3.59. The van der Waals surface area contributed by atoms with E-state index in [1.807, 2.05) is 39.6 Å². The topological polar surface area (TPSA) is 93.8 Å². The van der Waals surface area contributed by atoms with Crippen molar-refractivity contribution in [3.8, 4) is 5.95 Å². The fraction of sp³-hybridized carbons (Fsp3) is 0.227. The zero-order valence-electron chi connectivity index (χ0n) is 17.1. The van der Waals surface area contributed by atoms with Crippen molar-refractivity contribution in [2.75, 3.05) is 13.6 Å². The summed E-state index contributed by atoms with van der Waals surface area (Å²) >= 11 is 0. The van der Waals surface area contributed by atoms with Gasteiger partial charge in [-0.15, -0.1) is 10.2 Å². The molecule has 9 nitrogen and oxygen atoms in total. The predicted octanol–water partition coefficient (Wildman–Crippen LogP) is 1.82. The number of benzene rings is 1. The molecule has 4 heterocycles. The Bertz CT molecular complexity index is 1180. The van der Waals surface area contributed by atoms with Crippen LogP contribution in [0.4, 0.5) is 0 Å². The molecule has 1 N–H and O–H groups in total. The van der Waals surface area contributed by atoms with Gasteiger partial charge < -0.3 is 5.32 Å². The predicted molar refractivity (Wildman–Crippen MR) is 113 cm³/mol. The van der Waals surface area contributed by atoms with E-state index in [9.17, 15) is 4.79 Å². The maximum absolute atomic E-state index is 12.4. The van der Waals surface area contributed by atoms with Crippen molar-refractivity contribution in [1.82, 2.24) is 39.5 Å². The molecule has 0 saturated carbocycles. The van der Waals surface area contributed by atoms with Gasteiger partial charge in [0.05, 0.1) is 12.6 Å². The number of fused-ring (bicyclic) bond motifs is 1. The number of carbonyl (C=O) groups excluding carboxylic acids is 1. The van der Waals surface area contributed by atoms with Crippen LogP contribution in [0.5, 0.6) is 0 Å². The maximum atomic E-state index is 12.4. The summed E-state index contributed by atoms with van der Waals surface area (Å²) in [5.74, 6) is 1.52. The van der Waals surface area contributed by atoms with Gasteiger partial charge in [0.15, 0.2) is 0 Å². The van der Waals surface area contributed by atoms with E-state index in [4.69, 9.17) is 0 Å². The van der Waals surface area contributed by atoms with Crippen LogP contribution >= 0.6 is 0 Å². The molecule has 1 aliphatic heterocycles. The molecule has 0 saturated heterocycles. The zero-order chi connectivity index (χ0) is 21.2. The summed E-state index contributed by atoms with van der Waals surface area (Å²) in [4.78, 5) is 23.4. The van der Waals surface area contributed by atoms with Crippen molar-refractivity contribution < 1.29 is 4.79 Å². The Hall–Kier alpha value is -3.85. The average Bonchev–Trinajstić information content (AvgIpc) is 3.46. The second-order valence-electron chi connectivity index (χ2n) is 7.40. The van der Waals surface area contributed by atoms with Gasteiger partial charge in [0, 0.05) is 44.4 Å². The van der Waals surface area contributed by atoms with Crippen molar-refractivity contribution in [2.45, 2.75) is 19.1 Å². The number of aromatic nitrogens is 6. The van der Waals surface area contributed by atoms with E-state index in [2.05, 4.69) is 48.6 Å². The summed E-state index contributed by atoms with van der Waals surface area (Å²) in [7, 11) is 1.61. The molecule has 1 unspecified atom stereocenters. The molecule has 5 rings (SSSR count). The van der Waals surface area contributed by atoms with Crippen LogP contribution < -0.4 is 5.32 Å². The SMILES string of the molecule is CNC(=O)c1nnc2n1C(c1ccccc1)CN(Cc1cccn1-c1ncccn1)C2. The van der Waals surface area contributed by atoms with Gasteiger partial charge in [0.2, 0.25) is 11.8 Å².